The first-order valence-corrected chi connectivity index (χ1v) is 10.1. The number of aryl methyl sites for hydroxylation is 2. The van der Waals surface area contributed by atoms with E-state index in [4.69, 9.17) is 0 Å². The molecule has 1 amide bonds. The van der Waals surface area contributed by atoms with Crippen molar-refractivity contribution in [2.75, 3.05) is 27.2 Å². The van der Waals surface area contributed by atoms with E-state index in [-0.39, 0.29) is 18.5 Å². The molecular formula is C22H34N6O. The monoisotopic (exact) mass is 398 g/mol. The van der Waals surface area contributed by atoms with E-state index in [0.29, 0.717) is 5.96 Å². The predicted molar refractivity (Wildman–Crippen MR) is 118 cm³/mol. The van der Waals surface area contributed by atoms with Crippen LogP contribution in [0.1, 0.15) is 29.4 Å². The highest BCUT2D eigenvalue weighted by Crippen LogP contribution is 2.14. The quantitative estimate of drug-likeness (QED) is 0.526. The number of rotatable bonds is 8. The minimum absolute atomic E-state index is 0.0271. The lowest BCUT2D eigenvalue weighted by molar-refractivity contribution is -0.127. The summed E-state index contributed by atoms with van der Waals surface area (Å²) in [5, 5.41) is 11.3. The molecule has 2 rings (SSSR count). The van der Waals surface area contributed by atoms with Crippen LogP contribution in [-0.2, 0) is 24.7 Å². The van der Waals surface area contributed by atoms with Gasteiger partial charge >= 0.3 is 0 Å². The van der Waals surface area contributed by atoms with Crippen LogP contribution in [0.3, 0.4) is 0 Å². The van der Waals surface area contributed by atoms with E-state index in [2.05, 4.69) is 46.7 Å². The van der Waals surface area contributed by atoms with Crippen molar-refractivity contribution in [3.8, 4) is 0 Å². The zero-order chi connectivity index (χ0) is 21.4. The van der Waals surface area contributed by atoms with E-state index in [1.165, 1.54) is 16.8 Å². The van der Waals surface area contributed by atoms with Crippen LogP contribution < -0.4 is 10.6 Å². The summed E-state index contributed by atoms with van der Waals surface area (Å²) in [7, 11) is 5.45. The maximum Gasteiger partial charge on any atom is 0.243 e. The summed E-state index contributed by atoms with van der Waals surface area (Å²) in [5.41, 5.74) is 4.74. The van der Waals surface area contributed by atoms with Crippen LogP contribution >= 0.6 is 0 Å². The number of carbonyl (C=O) groups is 1. The Morgan fingerprint density at radius 2 is 1.93 bits per heavy atom. The van der Waals surface area contributed by atoms with Gasteiger partial charge in [-0.15, -0.1) is 0 Å². The summed E-state index contributed by atoms with van der Waals surface area (Å²) in [6.07, 6.45) is 1.73. The molecule has 2 aromatic rings. The van der Waals surface area contributed by atoms with Gasteiger partial charge in [-0.25, -0.2) is 4.99 Å². The van der Waals surface area contributed by atoms with Crippen LogP contribution in [-0.4, -0.2) is 59.8 Å². The number of hydrogen-bond donors (Lipinski definition) is 2. The van der Waals surface area contributed by atoms with E-state index in [0.717, 1.165) is 25.1 Å². The minimum atomic E-state index is -0.0271. The number of likely N-dealkylation sites (N-methyl/N-ethyl adjacent to an activating group) is 1. The molecule has 1 aromatic heterocycles. The molecule has 1 atom stereocenters. The van der Waals surface area contributed by atoms with Crippen molar-refractivity contribution in [2.24, 2.45) is 12.0 Å². The summed E-state index contributed by atoms with van der Waals surface area (Å²) in [5.74, 6) is 0.628. The highest BCUT2D eigenvalue weighted by atomic mass is 16.2. The SMILES string of the molecule is Cc1nn(C)c(C)c1CC(C)NC(=NCC(=O)N(C)C)NCCc1ccccc1. The summed E-state index contributed by atoms with van der Waals surface area (Å²) in [6, 6.07) is 10.5. The van der Waals surface area contributed by atoms with Gasteiger partial charge in [0.2, 0.25) is 5.91 Å². The predicted octanol–water partition coefficient (Wildman–Crippen LogP) is 1.83. The third-order valence-electron chi connectivity index (χ3n) is 4.97. The van der Waals surface area contributed by atoms with E-state index in [9.17, 15) is 4.79 Å². The smallest absolute Gasteiger partial charge is 0.243 e. The highest BCUT2D eigenvalue weighted by molar-refractivity contribution is 5.84. The molecule has 29 heavy (non-hydrogen) atoms. The largest absolute Gasteiger partial charge is 0.356 e. The summed E-state index contributed by atoms with van der Waals surface area (Å²) >= 11 is 0. The third-order valence-corrected chi connectivity index (χ3v) is 4.97. The average molecular weight is 399 g/mol. The molecule has 0 saturated carbocycles. The lowest BCUT2D eigenvalue weighted by atomic mass is 10.1. The molecule has 0 radical (unpaired) electrons. The molecule has 1 heterocycles. The molecule has 0 spiro atoms. The number of guanidine groups is 1. The van der Waals surface area contributed by atoms with Gasteiger partial charge in [-0.05, 0) is 44.7 Å². The Hall–Kier alpha value is -2.83. The van der Waals surface area contributed by atoms with Crippen molar-refractivity contribution >= 4 is 11.9 Å². The fraction of sp³-hybridized carbons (Fsp3) is 0.500. The van der Waals surface area contributed by atoms with Gasteiger partial charge < -0.3 is 15.5 Å². The van der Waals surface area contributed by atoms with Gasteiger partial charge in [-0.2, -0.15) is 5.10 Å². The molecular weight excluding hydrogens is 364 g/mol. The first-order valence-electron chi connectivity index (χ1n) is 10.1. The zero-order valence-electron chi connectivity index (χ0n) is 18.5. The van der Waals surface area contributed by atoms with Crippen molar-refractivity contribution in [3.63, 3.8) is 0 Å². The lowest BCUT2D eigenvalue weighted by Crippen LogP contribution is -2.44. The zero-order valence-corrected chi connectivity index (χ0v) is 18.5. The van der Waals surface area contributed by atoms with Crippen LogP contribution in [0.2, 0.25) is 0 Å². The molecule has 0 aliphatic rings. The standard InChI is InChI=1S/C22H34N6O/c1-16(14-20-17(2)26-28(6)18(20)3)25-22(24-15-21(29)27(4)5)23-13-12-19-10-8-7-9-11-19/h7-11,16H,12-15H2,1-6H3,(H2,23,24,25). The Balaban J connectivity index is 2.01. The van der Waals surface area contributed by atoms with E-state index in [1.807, 2.05) is 36.9 Å². The Labute approximate surface area is 174 Å². The number of benzene rings is 1. The maximum atomic E-state index is 12.0. The Bertz CT molecular complexity index is 825. The summed E-state index contributed by atoms with van der Waals surface area (Å²) in [6.45, 7) is 7.10. The van der Waals surface area contributed by atoms with Crippen LogP contribution in [0.25, 0.3) is 0 Å². The number of aliphatic imine (C=N–C) groups is 1. The number of aromatic nitrogens is 2. The lowest BCUT2D eigenvalue weighted by Gasteiger charge is -2.19. The van der Waals surface area contributed by atoms with Gasteiger partial charge in [0.1, 0.15) is 6.54 Å². The Kier molecular flexibility index (Phi) is 8.24. The van der Waals surface area contributed by atoms with Crippen molar-refractivity contribution in [1.82, 2.24) is 25.3 Å². The normalized spacial score (nSPS) is 12.6. The molecule has 158 valence electrons. The average Bonchev–Trinajstić information content (AvgIpc) is 2.92. The topological polar surface area (TPSA) is 74.5 Å². The first-order chi connectivity index (χ1) is 13.8. The van der Waals surface area contributed by atoms with Gasteiger partial charge in [0.15, 0.2) is 5.96 Å². The number of amides is 1. The number of carbonyl (C=O) groups excluding carboxylic acids is 1. The molecule has 7 nitrogen and oxygen atoms in total. The molecule has 0 saturated heterocycles. The number of hydrogen-bond acceptors (Lipinski definition) is 3. The van der Waals surface area contributed by atoms with Crippen LogP contribution in [0.4, 0.5) is 0 Å². The molecule has 0 bridgehead atoms. The Morgan fingerprint density at radius 3 is 2.52 bits per heavy atom. The van der Waals surface area contributed by atoms with E-state index < -0.39 is 0 Å². The van der Waals surface area contributed by atoms with Crippen molar-refractivity contribution in [2.45, 2.75) is 39.7 Å². The second-order valence-electron chi connectivity index (χ2n) is 7.64. The van der Waals surface area contributed by atoms with Gasteiger partial charge in [0.25, 0.3) is 0 Å². The molecule has 7 heteroatoms. The highest BCUT2D eigenvalue weighted by Gasteiger charge is 2.14. The third kappa shape index (κ3) is 6.93. The van der Waals surface area contributed by atoms with Gasteiger partial charge in [-0.1, -0.05) is 30.3 Å². The van der Waals surface area contributed by atoms with E-state index >= 15 is 0 Å². The summed E-state index contributed by atoms with van der Waals surface area (Å²) in [4.78, 5) is 18.0. The maximum absolute atomic E-state index is 12.0. The second-order valence-corrected chi connectivity index (χ2v) is 7.64. The fourth-order valence-electron chi connectivity index (χ4n) is 3.11. The molecule has 1 unspecified atom stereocenters. The first kappa shape index (κ1) is 22.5. The van der Waals surface area contributed by atoms with Crippen LogP contribution in [0, 0.1) is 13.8 Å². The van der Waals surface area contributed by atoms with Gasteiger partial charge in [0.05, 0.1) is 5.69 Å². The molecule has 0 aliphatic carbocycles. The van der Waals surface area contributed by atoms with Crippen molar-refractivity contribution < 1.29 is 4.79 Å². The van der Waals surface area contributed by atoms with Gasteiger partial charge in [0, 0.05) is 39.4 Å². The molecule has 2 N–H and O–H groups in total. The van der Waals surface area contributed by atoms with Crippen molar-refractivity contribution in [1.29, 1.82) is 0 Å². The molecule has 1 aromatic carbocycles. The van der Waals surface area contributed by atoms with E-state index in [1.54, 1.807) is 19.0 Å². The van der Waals surface area contributed by atoms with Gasteiger partial charge in [-0.3, -0.25) is 9.48 Å². The van der Waals surface area contributed by atoms with Crippen LogP contribution in [0.15, 0.2) is 35.3 Å². The Morgan fingerprint density at radius 1 is 1.24 bits per heavy atom. The fourth-order valence-corrected chi connectivity index (χ4v) is 3.11. The molecule has 0 fully saturated rings. The van der Waals surface area contributed by atoms with Crippen LogP contribution in [0.5, 0.6) is 0 Å². The summed E-state index contributed by atoms with van der Waals surface area (Å²) < 4.78 is 1.92. The van der Waals surface area contributed by atoms with Crippen molar-refractivity contribution in [3.05, 3.63) is 52.8 Å². The second kappa shape index (κ2) is 10.6. The number of nitrogens with one attached hydrogen (secondary N) is 2. The number of nitrogens with zero attached hydrogens (tertiary/aromatic N) is 4. The minimum Gasteiger partial charge on any atom is -0.356 e. The molecule has 0 aliphatic heterocycles.